The second-order valence-electron chi connectivity index (χ2n) is 7.29. The zero-order chi connectivity index (χ0) is 24.4. The monoisotopic (exact) mass is 500 g/mol. The Labute approximate surface area is 192 Å². The number of halogens is 3. The van der Waals surface area contributed by atoms with E-state index in [4.69, 9.17) is 0 Å². The molecule has 0 saturated carbocycles. The molecule has 0 saturated heterocycles. The summed E-state index contributed by atoms with van der Waals surface area (Å²) in [7, 11) is -4.08. The molecule has 7 nitrogen and oxygen atoms in total. The number of anilines is 1. The maximum absolute atomic E-state index is 12.8. The number of thioether (sulfide) groups is 1. The van der Waals surface area contributed by atoms with E-state index in [1.54, 1.807) is 0 Å². The Balaban J connectivity index is 1.74. The summed E-state index contributed by atoms with van der Waals surface area (Å²) in [6.45, 7) is 0.903. The van der Waals surface area contributed by atoms with Crippen molar-refractivity contribution in [2.45, 2.75) is 31.0 Å². The zero-order valence-corrected chi connectivity index (χ0v) is 18.9. The number of hydrogen-bond acceptors (Lipinski definition) is 6. The molecule has 1 aliphatic heterocycles. The molecule has 33 heavy (non-hydrogen) atoms. The fraction of sp³-hybridized carbons (Fsp3) is 0.286. The molecule has 2 aromatic rings. The Bertz CT molecular complexity index is 1200. The maximum atomic E-state index is 12.8. The lowest BCUT2D eigenvalue weighted by Gasteiger charge is -2.29. The number of carbonyl (C=O) groups is 3. The van der Waals surface area contributed by atoms with Crippen LogP contribution in [0.5, 0.6) is 0 Å². The molecular formula is C21H19F3N2O5S2. The number of ketones is 1. The molecule has 1 heterocycles. The van der Waals surface area contributed by atoms with Gasteiger partial charge in [0.2, 0.25) is 0 Å². The Morgan fingerprint density at radius 1 is 1.06 bits per heavy atom. The minimum Gasteiger partial charge on any atom is -0.330 e. The Morgan fingerprint density at radius 3 is 2.33 bits per heavy atom. The van der Waals surface area contributed by atoms with Gasteiger partial charge in [-0.05, 0) is 53.9 Å². The highest BCUT2D eigenvalue weighted by molar-refractivity contribution is 8.14. The van der Waals surface area contributed by atoms with Crippen LogP contribution < -0.4 is 4.72 Å². The highest BCUT2D eigenvalue weighted by Gasteiger charge is 2.43. The van der Waals surface area contributed by atoms with Crippen molar-refractivity contribution in [1.29, 1.82) is 0 Å². The molecule has 0 aromatic heterocycles. The third-order valence-electron chi connectivity index (χ3n) is 4.90. The summed E-state index contributed by atoms with van der Waals surface area (Å²) in [4.78, 5) is 35.0. The molecule has 0 fully saturated rings. The number of nitrogens with zero attached hydrogens (tertiary/aromatic N) is 1. The molecule has 176 valence electrons. The lowest BCUT2D eigenvalue weighted by atomic mass is 10.00. The van der Waals surface area contributed by atoms with E-state index in [-0.39, 0.29) is 46.7 Å². The van der Waals surface area contributed by atoms with E-state index in [1.807, 2.05) is 0 Å². The van der Waals surface area contributed by atoms with E-state index in [2.05, 4.69) is 4.72 Å². The van der Waals surface area contributed by atoms with E-state index >= 15 is 0 Å². The van der Waals surface area contributed by atoms with Crippen molar-refractivity contribution in [2.24, 2.45) is 0 Å². The van der Waals surface area contributed by atoms with Gasteiger partial charge in [-0.25, -0.2) is 8.42 Å². The number of rotatable bonds is 6. The number of benzene rings is 2. The molecule has 0 bridgehead atoms. The van der Waals surface area contributed by atoms with Crippen molar-refractivity contribution < 1.29 is 36.0 Å². The van der Waals surface area contributed by atoms with Crippen LogP contribution in [0.1, 0.15) is 28.4 Å². The average Bonchev–Trinajstić information content (AvgIpc) is 2.75. The van der Waals surface area contributed by atoms with Gasteiger partial charge in [0.25, 0.3) is 10.0 Å². The van der Waals surface area contributed by atoms with Crippen LogP contribution in [0.2, 0.25) is 0 Å². The van der Waals surface area contributed by atoms with Gasteiger partial charge in [-0.15, -0.1) is 0 Å². The fourth-order valence-electron chi connectivity index (χ4n) is 3.24. The molecule has 0 radical (unpaired) electrons. The number of hydrogen-bond donors (Lipinski definition) is 1. The largest absolute Gasteiger partial charge is 0.471 e. The molecule has 2 aromatic carbocycles. The van der Waals surface area contributed by atoms with Crippen LogP contribution in [0.25, 0.3) is 0 Å². The summed E-state index contributed by atoms with van der Waals surface area (Å²) in [6.07, 6.45) is -4.82. The summed E-state index contributed by atoms with van der Waals surface area (Å²) in [5.74, 6) is -2.27. The molecule has 12 heteroatoms. The zero-order valence-electron chi connectivity index (χ0n) is 17.3. The fourth-order valence-corrected chi connectivity index (χ4v) is 4.85. The number of sulfonamides is 1. The Kier molecular flexibility index (Phi) is 7.17. The van der Waals surface area contributed by atoms with Crippen molar-refractivity contribution in [2.75, 3.05) is 17.0 Å². The van der Waals surface area contributed by atoms with Crippen molar-refractivity contribution in [3.05, 3.63) is 59.2 Å². The maximum Gasteiger partial charge on any atom is 0.471 e. The Morgan fingerprint density at radius 2 is 1.73 bits per heavy atom. The molecule has 1 amide bonds. The van der Waals surface area contributed by atoms with Crippen LogP contribution in [0.3, 0.4) is 0 Å². The Hall–Kier alpha value is -2.86. The van der Waals surface area contributed by atoms with Gasteiger partial charge in [-0.2, -0.15) is 13.2 Å². The standard InChI is InChI=1S/C21H19F3N2O5S2/c1-13(27)32-12-19(28)15-2-5-17(6-3-15)25-33(30,31)18-7-4-14-8-9-26(11-16(14)10-18)20(29)21(22,23)24/h2-7,10,25H,8-9,11-12H2,1H3. The van der Waals surface area contributed by atoms with Gasteiger partial charge in [0.05, 0.1) is 10.6 Å². The molecule has 0 spiro atoms. The molecular weight excluding hydrogens is 481 g/mol. The van der Waals surface area contributed by atoms with E-state index in [0.29, 0.717) is 21.6 Å². The highest BCUT2D eigenvalue weighted by atomic mass is 32.2. The lowest BCUT2D eigenvalue weighted by molar-refractivity contribution is -0.186. The third kappa shape index (κ3) is 6.14. The molecule has 3 rings (SSSR count). The topological polar surface area (TPSA) is 101 Å². The predicted octanol–water partition coefficient (Wildman–Crippen LogP) is 3.40. The normalized spacial score (nSPS) is 13.9. The first-order valence-electron chi connectivity index (χ1n) is 9.64. The average molecular weight is 501 g/mol. The van der Waals surface area contributed by atoms with Gasteiger partial charge in [0.15, 0.2) is 10.9 Å². The smallest absolute Gasteiger partial charge is 0.330 e. The van der Waals surface area contributed by atoms with E-state index < -0.39 is 22.1 Å². The van der Waals surface area contributed by atoms with E-state index in [1.165, 1.54) is 49.4 Å². The van der Waals surface area contributed by atoms with Crippen molar-refractivity contribution in [1.82, 2.24) is 4.90 Å². The predicted molar refractivity (Wildman–Crippen MR) is 116 cm³/mol. The molecule has 0 aliphatic carbocycles. The second-order valence-corrected chi connectivity index (χ2v) is 10.1. The van der Waals surface area contributed by atoms with Crippen LogP contribution >= 0.6 is 11.8 Å². The summed E-state index contributed by atoms with van der Waals surface area (Å²) in [5.41, 5.74) is 1.49. The van der Waals surface area contributed by atoms with Gasteiger partial charge in [0.1, 0.15) is 0 Å². The van der Waals surface area contributed by atoms with Crippen LogP contribution in [0.15, 0.2) is 47.4 Å². The van der Waals surface area contributed by atoms with Gasteiger partial charge >= 0.3 is 12.1 Å². The first kappa shape index (κ1) is 24.8. The van der Waals surface area contributed by atoms with Crippen molar-refractivity contribution in [3.63, 3.8) is 0 Å². The van der Waals surface area contributed by atoms with Gasteiger partial charge in [-0.3, -0.25) is 19.1 Å². The molecule has 1 aliphatic rings. The first-order valence-corrected chi connectivity index (χ1v) is 12.1. The summed E-state index contributed by atoms with van der Waals surface area (Å²) in [5, 5.41) is -0.191. The summed E-state index contributed by atoms with van der Waals surface area (Å²) < 4.78 is 66.1. The summed E-state index contributed by atoms with van der Waals surface area (Å²) >= 11 is 0.873. The van der Waals surface area contributed by atoms with E-state index in [0.717, 1.165) is 11.8 Å². The summed E-state index contributed by atoms with van der Waals surface area (Å²) in [6, 6.07) is 9.76. The quantitative estimate of drug-likeness (QED) is 0.611. The highest BCUT2D eigenvalue weighted by Crippen LogP contribution is 2.27. The van der Waals surface area contributed by atoms with Crippen LogP contribution in [-0.2, 0) is 32.6 Å². The minimum absolute atomic E-state index is 0.0244. The number of fused-ring (bicyclic) bond motifs is 1. The SMILES string of the molecule is CC(=O)SCC(=O)c1ccc(NS(=O)(=O)c2ccc3c(c2)CN(C(=O)C(F)(F)F)CC3)cc1. The van der Waals surface area contributed by atoms with Crippen LogP contribution in [0, 0.1) is 0 Å². The van der Waals surface area contributed by atoms with E-state index in [9.17, 15) is 36.0 Å². The number of carbonyl (C=O) groups excluding carboxylic acids is 3. The number of alkyl halides is 3. The second kappa shape index (κ2) is 9.56. The minimum atomic E-state index is -5.00. The number of Topliss-reactive ketones (excluding diaryl/α,β-unsaturated/α-hetero) is 1. The molecule has 0 unspecified atom stereocenters. The first-order chi connectivity index (χ1) is 15.4. The van der Waals surface area contributed by atoms with Crippen LogP contribution in [-0.4, -0.2) is 48.6 Å². The lowest BCUT2D eigenvalue weighted by Crippen LogP contribution is -2.43. The van der Waals surface area contributed by atoms with Crippen molar-refractivity contribution in [3.8, 4) is 0 Å². The van der Waals surface area contributed by atoms with Gasteiger partial charge < -0.3 is 4.90 Å². The molecule has 0 atom stereocenters. The third-order valence-corrected chi connectivity index (χ3v) is 7.09. The number of nitrogens with one attached hydrogen (secondary N) is 1. The number of amides is 1. The van der Waals surface area contributed by atoms with Crippen molar-refractivity contribution >= 4 is 44.3 Å². The molecule has 1 N–H and O–H groups in total. The van der Waals surface area contributed by atoms with Gasteiger partial charge in [0, 0.05) is 31.3 Å². The van der Waals surface area contributed by atoms with Gasteiger partial charge in [-0.1, -0.05) is 17.8 Å². The van der Waals surface area contributed by atoms with Crippen LogP contribution in [0.4, 0.5) is 18.9 Å².